The summed E-state index contributed by atoms with van der Waals surface area (Å²) in [5.41, 5.74) is 2.94. The maximum Gasteiger partial charge on any atom is 0.0238 e. The Balaban J connectivity index is 3.75. The van der Waals surface area contributed by atoms with Gasteiger partial charge in [-0.25, -0.2) is 0 Å². The van der Waals surface area contributed by atoms with Crippen molar-refractivity contribution in [3.8, 4) is 0 Å². The van der Waals surface area contributed by atoms with Crippen LogP contribution in [0.5, 0.6) is 0 Å². The second-order valence-electron chi connectivity index (χ2n) is 3.49. The molecule has 2 heteroatoms. The van der Waals surface area contributed by atoms with Crippen LogP contribution >= 0.6 is 0 Å². The van der Waals surface area contributed by atoms with E-state index < -0.39 is 0 Å². The van der Waals surface area contributed by atoms with Crippen LogP contribution in [0.1, 0.15) is 52.9 Å². The molecule has 0 aromatic heterocycles. The summed E-state index contributed by atoms with van der Waals surface area (Å²) in [5.74, 6) is 6.27. The molecule has 74 valence electrons. The second kappa shape index (κ2) is 7.56. The first-order chi connectivity index (χ1) is 5.79. The lowest BCUT2D eigenvalue weighted by molar-refractivity contribution is 0.315. The van der Waals surface area contributed by atoms with Gasteiger partial charge in [0.25, 0.3) is 0 Å². The van der Waals surface area contributed by atoms with Crippen molar-refractivity contribution in [3.05, 3.63) is 0 Å². The molecule has 0 aliphatic heterocycles. The average Bonchev–Trinajstić information content (AvgIpc) is 2.12. The summed E-state index contributed by atoms with van der Waals surface area (Å²) in [7, 11) is 0. The molecule has 0 spiro atoms. The lowest BCUT2D eigenvalue weighted by atomic mass is 9.91. The fourth-order valence-corrected chi connectivity index (χ4v) is 1.74. The lowest BCUT2D eigenvalue weighted by Crippen LogP contribution is -2.40. The molecule has 1 atom stereocenters. The number of unbranched alkanes of at least 4 members (excludes halogenated alkanes) is 1. The van der Waals surface area contributed by atoms with E-state index >= 15 is 0 Å². The van der Waals surface area contributed by atoms with E-state index in [-0.39, 0.29) is 0 Å². The van der Waals surface area contributed by atoms with Gasteiger partial charge in [-0.2, -0.15) is 0 Å². The Morgan fingerprint density at radius 2 is 1.75 bits per heavy atom. The van der Waals surface area contributed by atoms with Crippen LogP contribution in [0, 0.1) is 5.92 Å². The summed E-state index contributed by atoms with van der Waals surface area (Å²) in [6.07, 6.45) is 6.23. The number of hydrogen-bond donors (Lipinski definition) is 2. The zero-order valence-electron chi connectivity index (χ0n) is 8.77. The van der Waals surface area contributed by atoms with Crippen molar-refractivity contribution < 1.29 is 0 Å². The van der Waals surface area contributed by atoms with E-state index in [1.807, 2.05) is 0 Å². The zero-order valence-corrected chi connectivity index (χ0v) is 8.77. The molecule has 0 aliphatic carbocycles. The first kappa shape index (κ1) is 11.9. The van der Waals surface area contributed by atoms with Crippen LogP contribution in [0.25, 0.3) is 0 Å². The van der Waals surface area contributed by atoms with Gasteiger partial charge in [0.05, 0.1) is 0 Å². The van der Waals surface area contributed by atoms with E-state index in [9.17, 15) is 0 Å². The van der Waals surface area contributed by atoms with Crippen LogP contribution in [-0.2, 0) is 0 Å². The summed E-state index contributed by atoms with van der Waals surface area (Å²) in [6.45, 7) is 6.70. The Kier molecular flexibility index (Phi) is 7.51. The summed E-state index contributed by atoms with van der Waals surface area (Å²) < 4.78 is 0. The topological polar surface area (TPSA) is 38.0 Å². The zero-order chi connectivity index (χ0) is 9.40. The largest absolute Gasteiger partial charge is 0.271 e. The van der Waals surface area contributed by atoms with Crippen LogP contribution in [0.2, 0.25) is 0 Å². The molecule has 1 unspecified atom stereocenters. The van der Waals surface area contributed by atoms with Gasteiger partial charge in [0, 0.05) is 6.04 Å². The minimum Gasteiger partial charge on any atom is -0.271 e. The van der Waals surface area contributed by atoms with Crippen molar-refractivity contribution in [2.24, 2.45) is 11.8 Å². The van der Waals surface area contributed by atoms with Crippen LogP contribution in [0.15, 0.2) is 0 Å². The van der Waals surface area contributed by atoms with Gasteiger partial charge < -0.3 is 0 Å². The van der Waals surface area contributed by atoms with E-state index in [4.69, 9.17) is 5.84 Å². The molecule has 0 aromatic rings. The van der Waals surface area contributed by atoms with Crippen molar-refractivity contribution in [1.82, 2.24) is 5.43 Å². The molecule has 0 saturated carbocycles. The molecule has 0 amide bonds. The smallest absolute Gasteiger partial charge is 0.0238 e. The molecule has 12 heavy (non-hydrogen) atoms. The first-order valence-corrected chi connectivity index (χ1v) is 5.26. The van der Waals surface area contributed by atoms with Crippen LogP contribution < -0.4 is 11.3 Å². The number of rotatable bonds is 7. The van der Waals surface area contributed by atoms with Gasteiger partial charge in [0.1, 0.15) is 0 Å². The van der Waals surface area contributed by atoms with E-state index in [2.05, 4.69) is 26.2 Å². The van der Waals surface area contributed by atoms with Gasteiger partial charge in [-0.1, -0.05) is 46.5 Å². The Morgan fingerprint density at radius 1 is 1.17 bits per heavy atom. The van der Waals surface area contributed by atoms with Gasteiger partial charge in [-0.15, -0.1) is 0 Å². The summed E-state index contributed by atoms with van der Waals surface area (Å²) in [4.78, 5) is 0. The molecular weight excluding hydrogens is 148 g/mol. The third kappa shape index (κ3) is 4.07. The highest BCUT2D eigenvalue weighted by Gasteiger charge is 2.15. The number of hydrazine groups is 1. The Bertz CT molecular complexity index is 89.8. The minimum absolute atomic E-state index is 0.528. The number of hydrogen-bond acceptors (Lipinski definition) is 2. The number of nitrogens with two attached hydrogens (primary N) is 1. The maximum atomic E-state index is 5.52. The fourth-order valence-electron chi connectivity index (χ4n) is 1.74. The summed E-state index contributed by atoms with van der Waals surface area (Å²) >= 11 is 0. The van der Waals surface area contributed by atoms with Crippen molar-refractivity contribution in [3.63, 3.8) is 0 Å². The van der Waals surface area contributed by atoms with E-state index in [0.29, 0.717) is 6.04 Å². The van der Waals surface area contributed by atoms with E-state index in [1.54, 1.807) is 0 Å². The van der Waals surface area contributed by atoms with Crippen molar-refractivity contribution in [2.75, 3.05) is 0 Å². The molecule has 0 heterocycles. The van der Waals surface area contributed by atoms with Gasteiger partial charge in [-0.3, -0.25) is 11.3 Å². The van der Waals surface area contributed by atoms with Gasteiger partial charge in [-0.05, 0) is 12.3 Å². The predicted octanol–water partition coefficient (Wildman–Crippen LogP) is 2.44. The standard InChI is InChI=1S/C10H24N2/c1-4-7-8-10(12-11)9(5-2)6-3/h9-10,12H,4-8,11H2,1-3H3. The SMILES string of the molecule is CCCCC(NN)C(CC)CC. The quantitative estimate of drug-likeness (QED) is 0.457. The molecule has 0 bridgehead atoms. The average molecular weight is 172 g/mol. The molecular formula is C10H24N2. The first-order valence-electron chi connectivity index (χ1n) is 5.26. The Hall–Kier alpha value is -0.0800. The molecule has 2 nitrogen and oxygen atoms in total. The monoisotopic (exact) mass is 172 g/mol. The van der Waals surface area contributed by atoms with Crippen LogP contribution in [-0.4, -0.2) is 6.04 Å². The maximum absolute atomic E-state index is 5.52. The van der Waals surface area contributed by atoms with Crippen LogP contribution in [0.3, 0.4) is 0 Å². The molecule has 3 N–H and O–H groups in total. The Morgan fingerprint density at radius 3 is 2.08 bits per heavy atom. The predicted molar refractivity (Wildman–Crippen MR) is 54.7 cm³/mol. The summed E-state index contributed by atoms with van der Waals surface area (Å²) in [6, 6.07) is 0.528. The summed E-state index contributed by atoms with van der Waals surface area (Å²) in [5, 5.41) is 0. The molecule has 0 aliphatic rings. The lowest BCUT2D eigenvalue weighted by Gasteiger charge is -2.24. The normalized spacial score (nSPS) is 13.8. The van der Waals surface area contributed by atoms with Crippen molar-refractivity contribution in [1.29, 1.82) is 0 Å². The highest BCUT2D eigenvalue weighted by atomic mass is 15.2. The highest BCUT2D eigenvalue weighted by molar-refractivity contribution is 4.71. The highest BCUT2D eigenvalue weighted by Crippen LogP contribution is 2.16. The molecule has 0 saturated heterocycles. The van der Waals surface area contributed by atoms with E-state index in [0.717, 1.165) is 5.92 Å². The Labute approximate surface area is 76.9 Å². The molecule has 0 fully saturated rings. The van der Waals surface area contributed by atoms with Crippen molar-refractivity contribution in [2.45, 2.75) is 58.9 Å². The van der Waals surface area contributed by atoms with E-state index in [1.165, 1.54) is 32.1 Å². The van der Waals surface area contributed by atoms with Crippen molar-refractivity contribution >= 4 is 0 Å². The second-order valence-corrected chi connectivity index (χ2v) is 3.49. The third-order valence-corrected chi connectivity index (χ3v) is 2.70. The van der Waals surface area contributed by atoms with Gasteiger partial charge >= 0.3 is 0 Å². The fraction of sp³-hybridized carbons (Fsp3) is 1.00. The van der Waals surface area contributed by atoms with Crippen LogP contribution in [0.4, 0.5) is 0 Å². The van der Waals surface area contributed by atoms with Gasteiger partial charge in [0.15, 0.2) is 0 Å². The minimum atomic E-state index is 0.528. The molecule has 0 rings (SSSR count). The molecule has 0 radical (unpaired) electrons. The van der Waals surface area contributed by atoms with Gasteiger partial charge in [0.2, 0.25) is 0 Å². The number of nitrogens with one attached hydrogen (secondary N) is 1. The molecule has 0 aromatic carbocycles. The third-order valence-electron chi connectivity index (χ3n) is 2.70.